The zero-order valence-electron chi connectivity index (χ0n) is 14.8. The summed E-state index contributed by atoms with van der Waals surface area (Å²) in [7, 11) is 0. The average Bonchev–Trinajstić information content (AvgIpc) is 2.73. The molecule has 136 valence electrons. The Bertz CT molecular complexity index is 813. The Labute approximate surface area is 152 Å². The van der Waals surface area contributed by atoms with Crippen LogP contribution in [0.25, 0.3) is 10.9 Å². The predicted octanol–water partition coefficient (Wildman–Crippen LogP) is 3.20. The van der Waals surface area contributed by atoms with Crippen LogP contribution < -0.4 is 0 Å². The predicted molar refractivity (Wildman–Crippen MR) is 96.5 cm³/mol. The molecule has 1 saturated carbocycles. The number of hydrogen-bond acceptors (Lipinski definition) is 5. The van der Waals surface area contributed by atoms with E-state index in [9.17, 15) is 9.65 Å². The van der Waals surface area contributed by atoms with Crippen LogP contribution in [0.4, 0.5) is 4.39 Å². The molecule has 0 spiro atoms. The minimum atomic E-state index is -0.403. The molecule has 2 aromatic rings. The number of benzene rings is 1. The fourth-order valence-corrected chi connectivity index (χ4v) is 4.35. The maximum Gasteiger partial charge on any atom is 0.117 e. The first-order chi connectivity index (χ1) is 12.8. The van der Waals surface area contributed by atoms with Crippen LogP contribution in [0.3, 0.4) is 0 Å². The number of aromatic nitrogens is 2. The van der Waals surface area contributed by atoms with Gasteiger partial charge in [-0.2, -0.15) is 5.26 Å². The fourth-order valence-electron chi connectivity index (χ4n) is 4.35. The summed E-state index contributed by atoms with van der Waals surface area (Å²) in [6, 6.07) is 8.32. The molecule has 0 amide bonds. The molecule has 5 nitrogen and oxygen atoms in total. The molecule has 1 atom stereocenters. The van der Waals surface area contributed by atoms with Gasteiger partial charge in [0.2, 0.25) is 0 Å². The van der Waals surface area contributed by atoms with E-state index in [1.54, 1.807) is 12.4 Å². The maximum atomic E-state index is 12.9. The van der Waals surface area contributed by atoms with Crippen molar-refractivity contribution in [1.29, 1.82) is 5.26 Å². The minimum Gasteiger partial charge on any atom is -0.373 e. The molecule has 26 heavy (non-hydrogen) atoms. The SMILES string of the molecule is N#Cc1ccc2ncnc([C@H]3CC[C@H](N4CCOC(CF)C4)CC3)c2c1. The number of fused-ring (bicyclic) bond motifs is 1. The quantitative estimate of drug-likeness (QED) is 0.847. The van der Waals surface area contributed by atoms with Crippen LogP contribution in [0.15, 0.2) is 24.5 Å². The molecule has 1 aromatic carbocycles. The van der Waals surface area contributed by atoms with E-state index in [0.717, 1.165) is 48.8 Å². The second kappa shape index (κ2) is 7.65. The lowest BCUT2D eigenvalue weighted by Gasteiger charge is -2.40. The summed E-state index contributed by atoms with van der Waals surface area (Å²) < 4.78 is 18.4. The van der Waals surface area contributed by atoms with Gasteiger partial charge in [-0.15, -0.1) is 0 Å². The largest absolute Gasteiger partial charge is 0.373 e. The van der Waals surface area contributed by atoms with Crippen molar-refractivity contribution in [2.24, 2.45) is 0 Å². The Morgan fingerprint density at radius 3 is 2.85 bits per heavy atom. The average molecular weight is 354 g/mol. The zero-order valence-corrected chi connectivity index (χ0v) is 14.8. The van der Waals surface area contributed by atoms with E-state index in [1.165, 1.54) is 0 Å². The van der Waals surface area contributed by atoms with Crippen molar-refractivity contribution in [3.63, 3.8) is 0 Å². The van der Waals surface area contributed by atoms with E-state index < -0.39 is 6.67 Å². The lowest BCUT2D eigenvalue weighted by Crippen LogP contribution is -2.49. The standard InChI is InChI=1S/C20H23FN4O/c21-10-17-12-25(7-8-26-17)16-4-2-15(3-5-16)20-18-9-14(11-22)1-6-19(18)23-13-24-20/h1,6,9,13,15-17H,2-5,7-8,10,12H2/t15-,16-,17?. The summed E-state index contributed by atoms with van der Waals surface area (Å²) in [5.74, 6) is 0.392. The molecule has 1 unspecified atom stereocenters. The smallest absolute Gasteiger partial charge is 0.117 e. The van der Waals surface area contributed by atoms with Gasteiger partial charge in [0.1, 0.15) is 13.0 Å². The summed E-state index contributed by atoms with van der Waals surface area (Å²) in [5, 5.41) is 10.2. The van der Waals surface area contributed by atoms with Crippen LogP contribution in [-0.2, 0) is 4.74 Å². The van der Waals surface area contributed by atoms with Crippen LogP contribution in [0.2, 0.25) is 0 Å². The Morgan fingerprint density at radius 2 is 2.08 bits per heavy atom. The molecule has 1 aromatic heterocycles. The molecule has 2 fully saturated rings. The van der Waals surface area contributed by atoms with Gasteiger partial charge in [0.05, 0.1) is 35.6 Å². The summed E-state index contributed by atoms with van der Waals surface area (Å²) in [5.41, 5.74) is 2.61. The summed E-state index contributed by atoms with van der Waals surface area (Å²) in [6.07, 6.45) is 5.66. The Hall–Kier alpha value is -2.10. The van der Waals surface area contributed by atoms with Crippen LogP contribution in [0.1, 0.15) is 42.9 Å². The highest BCUT2D eigenvalue weighted by molar-refractivity contribution is 5.82. The third-order valence-corrected chi connectivity index (χ3v) is 5.74. The van der Waals surface area contributed by atoms with Gasteiger partial charge in [0.25, 0.3) is 0 Å². The number of ether oxygens (including phenoxy) is 1. The number of nitrogens with zero attached hydrogens (tertiary/aromatic N) is 4. The van der Waals surface area contributed by atoms with E-state index in [0.29, 0.717) is 30.7 Å². The topological polar surface area (TPSA) is 62.0 Å². The Kier molecular flexibility index (Phi) is 5.09. The molecule has 1 aliphatic carbocycles. The van der Waals surface area contributed by atoms with E-state index in [4.69, 9.17) is 4.74 Å². The van der Waals surface area contributed by atoms with Gasteiger partial charge in [-0.1, -0.05) is 0 Å². The highest BCUT2D eigenvalue weighted by Crippen LogP contribution is 2.37. The van der Waals surface area contributed by atoms with Gasteiger partial charge < -0.3 is 4.74 Å². The highest BCUT2D eigenvalue weighted by Gasteiger charge is 2.31. The lowest BCUT2D eigenvalue weighted by atomic mass is 9.82. The number of halogens is 1. The van der Waals surface area contributed by atoms with Crippen LogP contribution in [0, 0.1) is 11.3 Å². The molecule has 0 N–H and O–H groups in total. The molecule has 1 aliphatic heterocycles. The van der Waals surface area contributed by atoms with E-state index in [2.05, 4.69) is 20.9 Å². The van der Waals surface area contributed by atoms with Crippen molar-refractivity contribution in [3.8, 4) is 6.07 Å². The van der Waals surface area contributed by atoms with Crippen molar-refractivity contribution >= 4 is 10.9 Å². The van der Waals surface area contributed by atoms with Crippen molar-refractivity contribution in [1.82, 2.24) is 14.9 Å². The van der Waals surface area contributed by atoms with E-state index in [-0.39, 0.29) is 6.10 Å². The van der Waals surface area contributed by atoms with Crippen LogP contribution in [0.5, 0.6) is 0 Å². The lowest BCUT2D eigenvalue weighted by molar-refractivity contribution is -0.0572. The zero-order chi connectivity index (χ0) is 17.9. The molecular formula is C20H23FN4O. The number of nitriles is 1. The van der Waals surface area contributed by atoms with Gasteiger partial charge >= 0.3 is 0 Å². The maximum absolute atomic E-state index is 12.9. The number of hydrogen-bond donors (Lipinski definition) is 0. The van der Waals surface area contributed by atoms with Crippen molar-refractivity contribution in [3.05, 3.63) is 35.8 Å². The van der Waals surface area contributed by atoms with Crippen LogP contribution in [-0.4, -0.2) is 53.4 Å². The molecule has 0 bridgehead atoms. The van der Waals surface area contributed by atoms with Gasteiger partial charge in [0.15, 0.2) is 0 Å². The van der Waals surface area contributed by atoms with E-state index >= 15 is 0 Å². The normalized spacial score (nSPS) is 27.3. The second-order valence-electron chi connectivity index (χ2n) is 7.25. The molecular weight excluding hydrogens is 331 g/mol. The fraction of sp³-hybridized carbons (Fsp3) is 0.550. The number of alkyl halides is 1. The Balaban J connectivity index is 1.48. The number of morpholine rings is 1. The van der Waals surface area contributed by atoms with Gasteiger partial charge in [-0.05, 0) is 43.9 Å². The van der Waals surface area contributed by atoms with E-state index in [1.807, 2.05) is 12.1 Å². The van der Waals surface area contributed by atoms with Gasteiger partial charge in [-0.3, -0.25) is 4.90 Å². The molecule has 4 rings (SSSR count). The summed E-state index contributed by atoms with van der Waals surface area (Å²) >= 11 is 0. The molecule has 2 aliphatic rings. The molecule has 6 heteroatoms. The number of rotatable bonds is 3. The first-order valence-corrected chi connectivity index (χ1v) is 9.35. The van der Waals surface area contributed by atoms with Crippen molar-refractivity contribution < 1.29 is 9.13 Å². The second-order valence-corrected chi connectivity index (χ2v) is 7.25. The third-order valence-electron chi connectivity index (χ3n) is 5.74. The van der Waals surface area contributed by atoms with Crippen molar-refractivity contribution in [2.75, 3.05) is 26.4 Å². The monoisotopic (exact) mass is 354 g/mol. The summed E-state index contributed by atoms with van der Waals surface area (Å²) in [4.78, 5) is 11.3. The molecule has 1 saturated heterocycles. The highest BCUT2D eigenvalue weighted by atomic mass is 19.1. The van der Waals surface area contributed by atoms with Gasteiger partial charge in [0, 0.05) is 30.4 Å². The van der Waals surface area contributed by atoms with Gasteiger partial charge in [-0.25, -0.2) is 14.4 Å². The first-order valence-electron chi connectivity index (χ1n) is 9.35. The third kappa shape index (κ3) is 3.42. The summed E-state index contributed by atoms with van der Waals surface area (Å²) in [6.45, 7) is 1.82. The molecule has 2 heterocycles. The molecule has 0 radical (unpaired) electrons. The Morgan fingerprint density at radius 1 is 1.23 bits per heavy atom. The minimum absolute atomic E-state index is 0.267. The van der Waals surface area contributed by atoms with Crippen LogP contribution >= 0.6 is 0 Å². The first kappa shape index (κ1) is 17.3. The van der Waals surface area contributed by atoms with Crippen molar-refractivity contribution in [2.45, 2.75) is 43.7 Å².